The summed E-state index contributed by atoms with van der Waals surface area (Å²) in [6.07, 6.45) is 0.760. The first-order valence-corrected chi connectivity index (χ1v) is 6.72. The van der Waals surface area contributed by atoms with Gasteiger partial charge in [-0.3, -0.25) is 4.79 Å². The third-order valence-electron chi connectivity index (χ3n) is 3.51. The summed E-state index contributed by atoms with van der Waals surface area (Å²) in [4.78, 5) is 12.3. The van der Waals surface area contributed by atoms with Gasteiger partial charge in [0.1, 0.15) is 11.6 Å². The summed E-state index contributed by atoms with van der Waals surface area (Å²) in [5, 5.41) is 5.79. The molecular weight excluding hydrogens is 274 g/mol. The van der Waals surface area contributed by atoms with Gasteiger partial charge in [0, 0.05) is 23.9 Å². The number of carbonyl (C=O) groups is 1. The minimum Gasteiger partial charge on any atom is -0.322 e. The largest absolute Gasteiger partial charge is 0.322 e. The lowest BCUT2D eigenvalue weighted by atomic mass is 9.95. The Bertz CT molecular complexity index is 680. The quantitative estimate of drug-likeness (QED) is 0.892. The molecule has 3 rings (SSSR count). The van der Waals surface area contributed by atoms with Gasteiger partial charge in [-0.1, -0.05) is 12.1 Å². The maximum Gasteiger partial charge on any atom is 0.255 e. The fraction of sp³-hybridized carbons (Fsp3) is 0.188. The van der Waals surface area contributed by atoms with Gasteiger partial charge in [0.05, 0.1) is 0 Å². The van der Waals surface area contributed by atoms with Gasteiger partial charge in [-0.15, -0.1) is 0 Å². The van der Waals surface area contributed by atoms with Crippen LogP contribution in [0.25, 0.3) is 0 Å². The van der Waals surface area contributed by atoms with E-state index in [1.165, 1.54) is 0 Å². The topological polar surface area (TPSA) is 41.1 Å². The van der Waals surface area contributed by atoms with Crippen LogP contribution >= 0.6 is 0 Å². The SMILES string of the molecule is O=C(Nc1cc(F)cc(F)c1)c1cccc2c1CCNC2. The summed E-state index contributed by atoms with van der Waals surface area (Å²) in [6, 6.07) is 8.48. The molecule has 2 aromatic carbocycles. The van der Waals surface area contributed by atoms with Gasteiger partial charge < -0.3 is 10.6 Å². The second kappa shape index (κ2) is 5.61. The summed E-state index contributed by atoms with van der Waals surface area (Å²) in [5.41, 5.74) is 2.74. The van der Waals surface area contributed by atoms with Crippen molar-refractivity contribution >= 4 is 11.6 Å². The lowest BCUT2D eigenvalue weighted by Gasteiger charge is -2.20. The van der Waals surface area contributed by atoms with Crippen LogP contribution in [0.15, 0.2) is 36.4 Å². The number of amides is 1. The molecule has 0 spiro atoms. The molecule has 1 amide bonds. The van der Waals surface area contributed by atoms with Crippen LogP contribution in [-0.2, 0) is 13.0 Å². The van der Waals surface area contributed by atoms with Crippen molar-refractivity contribution in [3.63, 3.8) is 0 Å². The fourth-order valence-corrected chi connectivity index (χ4v) is 2.57. The normalized spacial score (nSPS) is 13.6. The van der Waals surface area contributed by atoms with E-state index in [9.17, 15) is 13.6 Å². The van der Waals surface area contributed by atoms with E-state index >= 15 is 0 Å². The van der Waals surface area contributed by atoms with Crippen molar-refractivity contribution < 1.29 is 13.6 Å². The zero-order chi connectivity index (χ0) is 14.8. The van der Waals surface area contributed by atoms with Crippen molar-refractivity contribution in [3.8, 4) is 0 Å². The Morgan fingerprint density at radius 2 is 1.90 bits per heavy atom. The van der Waals surface area contributed by atoms with E-state index in [2.05, 4.69) is 10.6 Å². The zero-order valence-corrected chi connectivity index (χ0v) is 11.2. The molecule has 1 aliphatic rings. The number of hydrogen-bond acceptors (Lipinski definition) is 2. The van der Waals surface area contributed by atoms with Crippen LogP contribution < -0.4 is 10.6 Å². The molecular formula is C16H14F2N2O. The number of carbonyl (C=O) groups excluding carboxylic acids is 1. The second-order valence-electron chi connectivity index (χ2n) is 4.98. The summed E-state index contributed by atoms with van der Waals surface area (Å²) in [5.74, 6) is -1.78. The van der Waals surface area contributed by atoms with E-state index in [-0.39, 0.29) is 11.6 Å². The fourth-order valence-electron chi connectivity index (χ4n) is 2.57. The van der Waals surface area contributed by atoms with Gasteiger partial charge in [0.2, 0.25) is 0 Å². The Kier molecular flexibility index (Phi) is 3.66. The molecule has 0 radical (unpaired) electrons. The smallest absolute Gasteiger partial charge is 0.255 e. The highest BCUT2D eigenvalue weighted by Crippen LogP contribution is 2.20. The first-order valence-electron chi connectivity index (χ1n) is 6.72. The van der Waals surface area contributed by atoms with E-state index in [1.807, 2.05) is 12.1 Å². The number of halogens is 2. The van der Waals surface area contributed by atoms with Crippen molar-refractivity contribution in [1.29, 1.82) is 0 Å². The van der Waals surface area contributed by atoms with Gasteiger partial charge >= 0.3 is 0 Å². The predicted octanol–water partition coefficient (Wildman–Crippen LogP) is 2.86. The van der Waals surface area contributed by atoms with E-state index in [0.717, 1.165) is 48.8 Å². The summed E-state index contributed by atoms with van der Waals surface area (Å²) in [7, 11) is 0. The molecule has 0 bridgehead atoms. The Balaban J connectivity index is 1.89. The van der Waals surface area contributed by atoms with E-state index in [4.69, 9.17) is 0 Å². The molecule has 0 saturated carbocycles. The summed E-state index contributed by atoms with van der Waals surface area (Å²) in [6.45, 7) is 1.54. The molecule has 0 fully saturated rings. The van der Waals surface area contributed by atoms with Crippen LogP contribution in [0.3, 0.4) is 0 Å². The molecule has 21 heavy (non-hydrogen) atoms. The number of rotatable bonds is 2. The number of nitrogens with one attached hydrogen (secondary N) is 2. The minimum absolute atomic E-state index is 0.115. The molecule has 0 unspecified atom stereocenters. The highest BCUT2D eigenvalue weighted by Gasteiger charge is 2.17. The van der Waals surface area contributed by atoms with Crippen LogP contribution in [0.5, 0.6) is 0 Å². The molecule has 3 nitrogen and oxygen atoms in total. The van der Waals surface area contributed by atoms with Gasteiger partial charge in [-0.2, -0.15) is 0 Å². The molecule has 108 valence electrons. The van der Waals surface area contributed by atoms with Crippen LogP contribution in [0, 0.1) is 11.6 Å². The molecule has 0 atom stereocenters. The molecule has 2 N–H and O–H groups in total. The molecule has 5 heteroatoms. The zero-order valence-electron chi connectivity index (χ0n) is 11.2. The number of benzene rings is 2. The van der Waals surface area contributed by atoms with E-state index in [1.54, 1.807) is 6.07 Å². The first-order chi connectivity index (χ1) is 10.1. The van der Waals surface area contributed by atoms with Crippen LogP contribution in [0.2, 0.25) is 0 Å². The molecule has 1 aliphatic heterocycles. The van der Waals surface area contributed by atoms with Crippen molar-refractivity contribution in [2.45, 2.75) is 13.0 Å². The minimum atomic E-state index is -0.718. The van der Waals surface area contributed by atoms with Crippen molar-refractivity contribution in [2.75, 3.05) is 11.9 Å². The Morgan fingerprint density at radius 3 is 2.67 bits per heavy atom. The highest BCUT2D eigenvalue weighted by atomic mass is 19.1. The van der Waals surface area contributed by atoms with Crippen molar-refractivity contribution in [1.82, 2.24) is 5.32 Å². The maximum absolute atomic E-state index is 13.2. The molecule has 0 aliphatic carbocycles. The lowest BCUT2D eigenvalue weighted by Crippen LogP contribution is -2.26. The second-order valence-corrected chi connectivity index (χ2v) is 4.98. The maximum atomic E-state index is 13.2. The average Bonchev–Trinajstić information content (AvgIpc) is 2.45. The molecule has 0 aromatic heterocycles. The van der Waals surface area contributed by atoms with Crippen molar-refractivity contribution in [2.24, 2.45) is 0 Å². The standard InChI is InChI=1S/C16H14F2N2O/c17-11-6-12(18)8-13(7-11)20-16(21)15-3-1-2-10-9-19-5-4-14(10)15/h1-3,6-8,19H,4-5,9H2,(H,20,21). The van der Waals surface area contributed by atoms with E-state index < -0.39 is 11.6 Å². The highest BCUT2D eigenvalue weighted by molar-refractivity contribution is 6.05. The summed E-state index contributed by atoms with van der Waals surface area (Å²) < 4.78 is 26.3. The predicted molar refractivity (Wildman–Crippen MR) is 76.2 cm³/mol. The third kappa shape index (κ3) is 2.92. The first kappa shape index (κ1) is 13.7. The summed E-state index contributed by atoms with van der Waals surface area (Å²) >= 11 is 0. The monoisotopic (exact) mass is 288 g/mol. The average molecular weight is 288 g/mol. The Labute approximate surface area is 121 Å². The molecule has 0 saturated heterocycles. The molecule has 2 aromatic rings. The van der Waals surface area contributed by atoms with Gasteiger partial charge in [-0.25, -0.2) is 8.78 Å². The number of hydrogen-bond donors (Lipinski definition) is 2. The van der Waals surface area contributed by atoms with Gasteiger partial charge in [0.25, 0.3) is 5.91 Å². The lowest BCUT2D eigenvalue weighted by molar-refractivity contribution is 0.102. The number of anilines is 1. The van der Waals surface area contributed by atoms with Crippen molar-refractivity contribution in [3.05, 3.63) is 64.7 Å². The molecule has 1 heterocycles. The van der Waals surface area contributed by atoms with Crippen LogP contribution in [0.4, 0.5) is 14.5 Å². The van der Waals surface area contributed by atoms with Gasteiger partial charge in [-0.05, 0) is 42.3 Å². The third-order valence-corrected chi connectivity index (χ3v) is 3.51. The number of fused-ring (bicyclic) bond motifs is 1. The van der Waals surface area contributed by atoms with Gasteiger partial charge in [0.15, 0.2) is 0 Å². The Morgan fingerprint density at radius 1 is 1.14 bits per heavy atom. The Hall–Kier alpha value is -2.27. The van der Waals surface area contributed by atoms with Crippen LogP contribution in [0.1, 0.15) is 21.5 Å². The van der Waals surface area contributed by atoms with Crippen LogP contribution in [-0.4, -0.2) is 12.5 Å². The van der Waals surface area contributed by atoms with E-state index in [0.29, 0.717) is 5.56 Å².